The van der Waals surface area contributed by atoms with Gasteiger partial charge in [0, 0.05) is 13.2 Å². The van der Waals surface area contributed by atoms with E-state index in [0.717, 1.165) is 32.4 Å². The van der Waals surface area contributed by atoms with Crippen molar-refractivity contribution in [3.05, 3.63) is 47.1 Å². The van der Waals surface area contributed by atoms with E-state index in [1.165, 1.54) is 11.1 Å². The van der Waals surface area contributed by atoms with Crippen LogP contribution in [0.3, 0.4) is 0 Å². The molecule has 1 fully saturated rings. The highest BCUT2D eigenvalue weighted by atomic mass is 16.5. The van der Waals surface area contributed by atoms with Gasteiger partial charge in [0.25, 0.3) is 0 Å². The van der Waals surface area contributed by atoms with Gasteiger partial charge in [-0.15, -0.1) is 0 Å². The molecule has 2 aromatic rings. The van der Waals surface area contributed by atoms with E-state index >= 15 is 0 Å². The van der Waals surface area contributed by atoms with Gasteiger partial charge in [-0.1, -0.05) is 29.4 Å². The largest absolute Gasteiger partial charge is 0.370 e. The van der Waals surface area contributed by atoms with Gasteiger partial charge in [0.2, 0.25) is 11.7 Å². The van der Waals surface area contributed by atoms with Crippen LogP contribution in [0.15, 0.2) is 28.8 Å². The molecule has 4 rings (SSSR count). The van der Waals surface area contributed by atoms with Gasteiger partial charge < -0.3 is 14.6 Å². The second kappa shape index (κ2) is 5.00. The lowest BCUT2D eigenvalue weighted by Gasteiger charge is -2.23. The smallest absolute Gasteiger partial charge is 0.244 e. The standard InChI is InChI=1S/C15H17N3O2/c1-2-5-11-9-16-12(8-10(11)4-1)15-17-14(18-20-15)13-6-3-7-19-13/h1-2,4-5,12-13,16H,3,6-9H2/t12-,13?/m0/s1. The van der Waals surface area contributed by atoms with Crippen LogP contribution in [0.4, 0.5) is 0 Å². The average molecular weight is 271 g/mol. The van der Waals surface area contributed by atoms with Crippen LogP contribution in [0.25, 0.3) is 0 Å². The first kappa shape index (κ1) is 12.1. The number of fused-ring (bicyclic) bond motifs is 1. The molecule has 3 heterocycles. The molecule has 2 aliphatic rings. The Bertz CT molecular complexity index is 605. The summed E-state index contributed by atoms with van der Waals surface area (Å²) in [6.45, 7) is 1.64. The second-order valence-electron chi connectivity index (χ2n) is 5.40. The number of hydrogen-bond donors (Lipinski definition) is 1. The van der Waals surface area contributed by atoms with Crippen LogP contribution in [0.5, 0.6) is 0 Å². The van der Waals surface area contributed by atoms with E-state index in [2.05, 4.69) is 39.7 Å². The Balaban J connectivity index is 1.54. The summed E-state index contributed by atoms with van der Waals surface area (Å²) in [6.07, 6.45) is 2.97. The van der Waals surface area contributed by atoms with Crippen LogP contribution >= 0.6 is 0 Å². The third-order valence-electron chi connectivity index (χ3n) is 4.05. The van der Waals surface area contributed by atoms with Crippen LogP contribution in [-0.4, -0.2) is 16.7 Å². The Morgan fingerprint density at radius 3 is 2.95 bits per heavy atom. The SMILES string of the molecule is c1ccc2c(c1)CN[C@H](c1nc(C3CCCO3)no1)C2. The minimum atomic E-state index is 0.0170. The fraction of sp³-hybridized carbons (Fsp3) is 0.467. The summed E-state index contributed by atoms with van der Waals surface area (Å²) in [5.74, 6) is 1.36. The first-order chi connectivity index (χ1) is 9.90. The summed E-state index contributed by atoms with van der Waals surface area (Å²) in [4.78, 5) is 4.52. The molecule has 5 heteroatoms. The number of nitrogens with zero attached hydrogens (tertiary/aromatic N) is 2. The molecule has 0 bridgehead atoms. The highest BCUT2D eigenvalue weighted by Gasteiger charge is 2.27. The Kier molecular flexibility index (Phi) is 3.01. The van der Waals surface area contributed by atoms with Crippen molar-refractivity contribution in [3.8, 4) is 0 Å². The van der Waals surface area contributed by atoms with E-state index in [4.69, 9.17) is 9.26 Å². The van der Waals surface area contributed by atoms with Crippen molar-refractivity contribution in [1.82, 2.24) is 15.5 Å². The fourth-order valence-electron chi connectivity index (χ4n) is 2.93. The van der Waals surface area contributed by atoms with Crippen LogP contribution in [0.1, 0.15) is 47.8 Å². The Labute approximate surface area is 117 Å². The summed E-state index contributed by atoms with van der Waals surface area (Å²) < 4.78 is 11.0. The molecule has 1 saturated heterocycles. The molecule has 0 spiro atoms. The first-order valence-corrected chi connectivity index (χ1v) is 7.15. The second-order valence-corrected chi connectivity index (χ2v) is 5.40. The summed E-state index contributed by atoms with van der Waals surface area (Å²) in [5, 5.41) is 7.54. The van der Waals surface area contributed by atoms with E-state index in [9.17, 15) is 0 Å². The molecule has 2 atom stereocenters. The van der Waals surface area contributed by atoms with Crippen molar-refractivity contribution in [1.29, 1.82) is 0 Å². The van der Waals surface area contributed by atoms with Gasteiger partial charge in [0.15, 0.2) is 0 Å². The quantitative estimate of drug-likeness (QED) is 0.908. The first-order valence-electron chi connectivity index (χ1n) is 7.15. The van der Waals surface area contributed by atoms with E-state index in [-0.39, 0.29) is 12.1 Å². The maximum Gasteiger partial charge on any atom is 0.244 e. The molecule has 0 amide bonds. The zero-order valence-corrected chi connectivity index (χ0v) is 11.2. The van der Waals surface area contributed by atoms with E-state index < -0.39 is 0 Å². The van der Waals surface area contributed by atoms with Crippen molar-refractivity contribution in [3.63, 3.8) is 0 Å². The molecule has 1 aromatic heterocycles. The van der Waals surface area contributed by atoms with Gasteiger partial charge >= 0.3 is 0 Å². The van der Waals surface area contributed by atoms with E-state index in [0.29, 0.717) is 11.7 Å². The van der Waals surface area contributed by atoms with Crippen molar-refractivity contribution in [2.24, 2.45) is 0 Å². The van der Waals surface area contributed by atoms with Crippen molar-refractivity contribution in [2.45, 2.75) is 38.0 Å². The monoisotopic (exact) mass is 271 g/mol. The highest BCUT2D eigenvalue weighted by Crippen LogP contribution is 2.29. The number of hydrogen-bond acceptors (Lipinski definition) is 5. The normalized spacial score (nSPS) is 25.6. The van der Waals surface area contributed by atoms with Gasteiger partial charge in [0.05, 0.1) is 6.04 Å². The van der Waals surface area contributed by atoms with Gasteiger partial charge in [0.1, 0.15) is 6.10 Å². The fourth-order valence-corrected chi connectivity index (χ4v) is 2.93. The van der Waals surface area contributed by atoms with E-state index in [1.54, 1.807) is 0 Å². The van der Waals surface area contributed by atoms with Crippen molar-refractivity contribution in [2.75, 3.05) is 6.61 Å². The van der Waals surface area contributed by atoms with Crippen LogP contribution in [0, 0.1) is 0 Å². The van der Waals surface area contributed by atoms with Crippen LogP contribution < -0.4 is 5.32 Å². The number of nitrogens with one attached hydrogen (secondary N) is 1. The Morgan fingerprint density at radius 1 is 1.20 bits per heavy atom. The highest BCUT2D eigenvalue weighted by molar-refractivity contribution is 5.30. The zero-order valence-electron chi connectivity index (χ0n) is 11.2. The maximum absolute atomic E-state index is 5.59. The molecule has 20 heavy (non-hydrogen) atoms. The number of ether oxygens (including phenoxy) is 1. The minimum absolute atomic E-state index is 0.0170. The molecule has 0 aliphatic carbocycles. The van der Waals surface area contributed by atoms with Crippen molar-refractivity contribution < 1.29 is 9.26 Å². The topological polar surface area (TPSA) is 60.2 Å². The number of aromatic nitrogens is 2. The lowest BCUT2D eigenvalue weighted by atomic mass is 9.96. The molecule has 0 saturated carbocycles. The summed E-state index contributed by atoms with van der Waals surface area (Å²) in [7, 11) is 0. The molecular weight excluding hydrogens is 254 g/mol. The van der Waals surface area contributed by atoms with Crippen molar-refractivity contribution >= 4 is 0 Å². The third-order valence-corrected chi connectivity index (χ3v) is 4.05. The van der Waals surface area contributed by atoms with Crippen LogP contribution in [-0.2, 0) is 17.7 Å². The minimum Gasteiger partial charge on any atom is -0.370 e. The molecule has 1 N–H and O–H groups in total. The molecule has 1 unspecified atom stereocenters. The summed E-state index contributed by atoms with van der Waals surface area (Å²) in [5.41, 5.74) is 2.70. The molecule has 1 aromatic carbocycles. The Morgan fingerprint density at radius 2 is 2.10 bits per heavy atom. The maximum atomic E-state index is 5.59. The molecular formula is C15H17N3O2. The predicted octanol–water partition coefficient (Wildman–Crippen LogP) is 2.31. The molecule has 104 valence electrons. The lowest BCUT2D eigenvalue weighted by Crippen LogP contribution is -2.28. The number of rotatable bonds is 2. The van der Waals surface area contributed by atoms with Gasteiger partial charge in [-0.05, 0) is 30.4 Å². The molecule has 2 aliphatic heterocycles. The zero-order chi connectivity index (χ0) is 13.4. The molecule has 0 radical (unpaired) electrons. The van der Waals surface area contributed by atoms with E-state index in [1.807, 2.05) is 0 Å². The predicted molar refractivity (Wildman–Crippen MR) is 72.0 cm³/mol. The van der Waals surface area contributed by atoms with Gasteiger partial charge in [-0.2, -0.15) is 4.98 Å². The molecule has 5 nitrogen and oxygen atoms in total. The summed E-state index contributed by atoms with van der Waals surface area (Å²) >= 11 is 0. The number of benzene rings is 1. The lowest BCUT2D eigenvalue weighted by molar-refractivity contribution is 0.103. The third kappa shape index (κ3) is 2.13. The summed E-state index contributed by atoms with van der Waals surface area (Å²) in [6, 6.07) is 8.58. The Hall–Kier alpha value is -1.72. The van der Waals surface area contributed by atoms with Crippen LogP contribution in [0.2, 0.25) is 0 Å². The average Bonchev–Trinajstić information content (AvgIpc) is 3.17. The van der Waals surface area contributed by atoms with Gasteiger partial charge in [-0.3, -0.25) is 0 Å². The van der Waals surface area contributed by atoms with Gasteiger partial charge in [-0.25, -0.2) is 0 Å².